The Bertz CT molecular complexity index is 819. The van der Waals surface area contributed by atoms with Gasteiger partial charge in [0.05, 0.1) is 19.4 Å². The van der Waals surface area contributed by atoms with Crippen LogP contribution in [-0.2, 0) is 0 Å². The molecule has 0 amide bonds. The fourth-order valence-corrected chi connectivity index (χ4v) is 3.47. The van der Waals surface area contributed by atoms with Gasteiger partial charge in [0.2, 0.25) is 4.77 Å². The Balaban J connectivity index is 1.86. The van der Waals surface area contributed by atoms with E-state index < -0.39 is 0 Å². The zero-order chi connectivity index (χ0) is 18.5. The Morgan fingerprint density at radius 1 is 1.27 bits per heavy atom. The molecule has 1 heterocycles. The van der Waals surface area contributed by atoms with Crippen LogP contribution in [0.3, 0.4) is 0 Å². The summed E-state index contributed by atoms with van der Waals surface area (Å²) < 4.78 is 13.5. The third-order valence-corrected chi connectivity index (χ3v) is 4.78. The zero-order valence-electron chi connectivity index (χ0n) is 15.6. The van der Waals surface area contributed by atoms with Gasteiger partial charge in [-0.05, 0) is 62.7 Å². The summed E-state index contributed by atoms with van der Waals surface area (Å²) in [5, 5.41) is 11.9. The van der Waals surface area contributed by atoms with Crippen molar-refractivity contribution in [3.63, 3.8) is 0 Å². The van der Waals surface area contributed by atoms with Crippen LogP contribution in [0, 0.1) is 4.77 Å². The standard InChI is InChI=1S/C19H26N4O2S/c1-13(2)25-17-11-14(9-10-16(17)24-3)12-20-23-18(21-22-19(23)26)15-7-5-4-6-8-15/h9-13,15H,4-8H2,1-3H3,(H,22,26)/b20-12-. The molecule has 1 aliphatic rings. The van der Waals surface area contributed by atoms with E-state index in [4.69, 9.17) is 21.7 Å². The summed E-state index contributed by atoms with van der Waals surface area (Å²) in [6.45, 7) is 3.98. The van der Waals surface area contributed by atoms with Crippen LogP contribution in [0.2, 0.25) is 0 Å². The summed E-state index contributed by atoms with van der Waals surface area (Å²) in [4.78, 5) is 0. The second kappa shape index (κ2) is 8.49. The van der Waals surface area contributed by atoms with Crippen LogP contribution < -0.4 is 9.47 Å². The number of aromatic nitrogens is 3. The molecule has 6 nitrogen and oxygen atoms in total. The highest BCUT2D eigenvalue weighted by molar-refractivity contribution is 7.71. The van der Waals surface area contributed by atoms with Gasteiger partial charge in [-0.2, -0.15) is 14.9 Å². The van der Waals surface area contributed by atoms with Gasteiger partial charge in [-0.3, -0.25) is 5.10 Å². The van der Waals surface area contributed by atoms with Gasteiger partial charge in [-0.1, -0.05) is 19.3 Å². The maximum atomic E-state index is 5.82. The average molecular weight is 375 g/mol. The molecule has 1 aliphatic carbocycles. The Kier molecular flexibility index (Phi) is 6.08. The largest absolute Gasteiger partial charge is 0.493 e. The first-order valence-corrected chi connectivity index (χ1v) is 9.55. The van der Waals surface area contributed by atoms with E-state index in [2.05, 4.69) is 15.3 Å². The normalized spacial score (nSPS) is 15.7. The average Bonchev–Trinajstić information content (AvgIpc) is 3.01. The third-order valence-electron chi connectivity index (χ3n) is 4.52. The van der Waals surface area contributed by atoms with Gasteiger partial charge < -0.3 is 9.47 Å². The first-order chi connectivity index (χ1) is 12.6. The highest BCUT2D eigenvalue weighted by Gasteiger charge is 2.21. The topological polar surface area (TPSA) is 64.4 Å². The molecular weight excluding hydrogens is 348 g/mol. The van der Waals surface area contributed by atoms with Gasteiger partial charge >= 0.3 is 0 Å². The lowest BCUT2D eigenvalue weighted by molar-refractivity contribution is 0.230. The molecule has 0 spiro atoms. The van der Waals surface area contributed by atoms with Gasteiger partial charge in [0, 0.05) is 5.92 Å². The SMILES string of the molecule is COc1ccc(/C=N\n2c(C3CCCCC3)n[nH]c2=S)cc1OC(C)C. The number of ether oxygens (including phenoxy) is 2. The molecule has 1 aromatic heterocycles. The molecule has 7 heteroatoms. The second-order valence-electron chi connectivity index (χ2n) is 6.86. The van der Waals surface area contributed by atoms with Crippen LogP contribution in [0.1, 0.15) is 63.3 Å². The summed E-state index contributed by atoms with van der Waals surface area (Å²) in [5.41, 5.74) is 0.916. The minimum absolute atomic E-state index is 0.0662. The van der Waals surface area contributed by atoms with Gasteiger partial charge in [-0.15, -0.1) is 0 Å². The van der Waals surface area contributed by atoms with Gasteiger partial charge in [0.15, 0.2) is 17.3 Å². The molecule has 0 aliphatic heterocycles. The van der Waals surface area contributed by atoms with Crippen LogP contribution in [0.25, 0.3) is 0 Å². The number of nitrogens with one attached hydrogen (secondary N) is 1. The van der Waals surface area contributed by atoms with E-state index in [1.807, 2.05) is 32.0 Å². The fraction of sp³-hybridized carbons (Fsp3) is 0.526. The molecule has 3 rings (SSSR count). The molecule has 1 saturated carbocycles. The highest BCUT2D eigenvalue weighted by atomic mass is 32.1. The van der Waals surface area contributed by atoms with E-state index in [0.29, 0.717) is 22.2 Å². The van der Waals surface area contributed by atoms with Crippen molar-refractivity contribution < 1.29 is 9.47 Å². The Morgan fingerprint density at radius 2 is 2.04 bits per heavy atom. The Morgan fingerprint density at radius 3 is 2.73 bits per heavy atom. The molecule has 140 valence electrons. The van der Waals surface area contributed by atoms with Crippen molar-refractivity contribution in [2.75, 3.05) is 7.11 Å². The number of rotatable bonds is 6. The fourth-order valence-electron chi connectivity index (χ4n) is 3.28. The number of hydrogen-bond donors (Lipinski definition) is 1. The van der Waals surface area contributed by atoms with Crippen molar-refractivity contribution in [3.05, 3.63) is 34.4 Å². The van der Waals surface area contributed by atoms with Crippen molar-refractivity contribution >= 4 is 18.4 Å². The van der Waals surface area contributed by atoms with Gasteiger partial charge in [0.1, 0.15) is 0 Å². The van der Waals surface area contributed by atoms with E-state index >= 15 is 0 Å². The van der Waals surface area contributed by atoms with Crippen LogP contribution in [-0.4, -0.2) is 34.3 Å². The van der Waals surface area contributed by atoms with Crippen LogP contribution >= 0.6 is 12.2 Å². The Hall–Kier alpha value is -2.15. The molecule has 0 bridgehead atoms. The molecule has 1 fully saturated rings. The minimum Gasteiger partial charge on any atom is -0.493 e. The molecule has 1 N–H and O–H groups in total. The van der Waals surface area contributed by atoms with E-state index in [1.165, 1.54) is 19.3 Å². The third kappa shape index (κ3) is 4.33. The van der Waals surface area contributed by atoms with Crippen molar-refractivity contribution in [1.82, 2.24) is 14.9 Å². The predicted molar refractivity (Wildman–Crippen MR) is 105 cm³/mol. The number of methoxy groups -OCH3 is 1. The number of nitrogens with zero attached hydrogens (tertiary/aromatic N) is 3. The quantitative estimate of drug-likeness (QED) is 0.590. The van der Waals surface area contributed by atoms with E-state index in [9.17, 15) is 0 Å². The van der Waals surface area contributed by atoms with Crippen LogP contribution in [0.4, 0.5) is 0 Å². The monoisotopic (exact) mass is 374 g/mol. The smallest absolute Gasteiger partial charge is 0.216 e. The highest BCUT2D eigenvalue weighted by Crippen LogP contribution is 2.32. The van der Waals surface area contributed by atoms with Crippen molar-refractivity contribution in [3.8, 4) is 11.5 Å². The summed E-state index contributed by atoms with van der Waals surface area (Å²) in [6.07, 6.45) is 7.91. The molecule has 0 saturated heterocycles. The Labute approximate surface area is 159 Å². The van der Waals surface area contributed by atoms with Crippen LogP contribution in [0.5, 0.6) is 11.5 Å². The van der Waals surface area contributed by atoms with E-state index in [1.54, 1.807) is 18.0 Å². The van der Waals surface area contributed by atoms with Crippen molar-refractivity contribution in [1.29, 1.82) is 0 Å². The first-order valence-electron chi connectivity index (χ1n) is 9.15. The number of aromatic amines is 1. The van der Waals surface area contributed by atoms with Gasteiger partial charge in [-0.25, -0.2) is 0 Å². The lowest BCUT2D eigenvalue weighted by atomic mass is 9.89. The maximum Gasteiger partial charge on any atom is 0.216 e. The van der Waals surface area contributed by atoms with E-state index in [0.717, 1.165) is 24.2 Å². The summed E-state index contributed by atoms with van der Waals surface area (Å²) in [5.74, 6) is 2.76. The number of H-pyrrole nitrogens is 1. The summed E-state index contributed by atoms with van der Waals surface area (Å²) in [7, 11) is 1.64. The first kappa shape index (κ1) is 18.6. The minimum atomic E-state index is 0.0662. The van der Waals surface area contributed by atoms with Gasteiger partial charge in [0.25, 0.3) is 0 Å². The molecule has 1 aromatic carbocycles. The summed E-state index contributed by atoms with van der Waals surface area (Å²) in [6, 6.07) is 5.75. The zero-order valence-corrected chi connectivity index (χ0v) is 16.4. The molecular formula is C19H26N4O2S. The predicted octanol–water partition coefficient (Wildman–Crippen LogP) is 4.67. The lowest BCUT2D eigenvalue weighted by Crippen LogP contribution is -2.10. The van der Waals surface area contributed by atoms with E-state index in [-0.39, 0.29) is 6.10 Å². The molecule has 0 atom stereocenters. The lowest BCUT2D eigenvalue weighted by Gasteiger charge is -2.19. The molecule has 2 aromatic rings. The van der Waals surface area contributed by atoms with Crippen molar-refractivity contribution in [2.24, 2.45) is 5.10 Å². The second-order valence-corrected chi connectivity index (χ2v) is 7.24. The molecule has 0 unspecified atom stereocenters. The number of hydrogen-bond acceptors (Lipinski definition) is 5. The van der Waals surface area contributed by atoms with Crippen LogP contribution in [0.15, 0.2) is 23.3 Å². The molecule has 26 heavy (non-hydrogen) atoms. The number of benzene rings is 1. The molecule has 0 radical (unpaired) electrons. The maximum absolute atomic E-state index is 5.82. The van der Waals surface area contributed by atoms with Crippen molar-refractivity contribution in [2.45, 2.75) is 58.0 Å². The summed E-state index contributed by atoms with van der Waals surface area (Å²) >= 11 is 5.37.